The third-order valence-electron chi connectivity index (χ3n) is 3.27. The minimum Gasteiger partial charge on any atom is -0.389 e. The van der Waals surface area contributed by atoms with E-state index in [0.29, 0.717) is 49.0 Å². The van der Waals surface area contributed by atoms with Crippen molar-refractivity contribution in [1.29, 1.82) is 0 Å². The number of morpholine rings is 1. The summed E-state index contributed by atoms with van der Waals surface area (Å²) in [7, 11) is 0. The molecule has 0 aromatic carbocycles. The molecule has 8 heteroatoms. The number of halogens is 2. The molecule has 0 atom stereocenters. The predicted molar refractivity (Wildman–Crippen MR) is 89.3 cm³/mol. The van der Waals surface area contributed by atoms with E-state index in [1.807, 2.05) is 4.90 Å². The van der Waals surface area contributed by atoms with Gasteiger partial charge in [-0.15, -0.1) is 11.6 Å². The van der Waals surface area contributed by atoms with Crippen molar-refractivity contribution < 1.29 is 9.84 Å². The van der Waals surface area contributed by atoms with Crippen LogP contribution in [-0.4, -0.2) is 59.4 Å². The molecular weight excluding hydrogens is 327 g/mol. The monoisotopic (exact) mass is 348 g/mol. The third-order valence-corrected chi connectivity index (χ3v) is 3.77. The molecule has 0 saturated carbocycles. The van der Waals surface area contributed by atoms with Crippen LogP contribution in [-0.2, 0) is 11.2 Å². The molecule has 0 bridgehead atoms. The van der Waals surface area contributed by atoms with Crippen molar-refractivity contribution in [2.24, 2.45) is 0 Å². The van der Waals surface area contributed by atoms with Gasteiger partial charge in [-0.05, 0) is 20.3 Å². The standard InChI is InChI=1S/C14H22Cl2N4O2/c1-14(2,21)9-17-12-10(3-4-15)11(16)18-13(19-12)20-5-7-22-8-6-20/h21H,3-9H2,1-2H3,(H,17,18,19). The van der Waals surface area contributed by atoms with Gasteiger partial charge < -0.3 is 20.1 Å². The molecule has 0 aliphatic carbocycles. The average molecular weight is 349 g/mol. The van der Waals surface area contributed by atoms with Crippen LogP contribution in [0.15, 0.2) is 0 Å². The molecule has 1 saturated heterocycles. The van der Waals surface area contributed by atoms with E-state index in [9.17, 15) is 5.11 Å². The van der Waals surface area contributed by atoms with Crippen LogP contribution in [0.3, 0.4) is 0 Å². The van der Waals surface area contributed by atoms with Gasteiger partial charge in [0.15, 0.2) is 0 Å². The zero-order valence-corrected chi connectivity index (χ0v) is 14.4. The molecule has 0 unspecified atom stereocenters. The summed E-state index contributed by atoms with van der Waals surface area (Å²) >= 11 is 12.2. The summed E-state index contributed by atoms with van der Waals surface area (Å²) in [5.74, 6) is 1.63. The van der Waals surface area contributed by atoms with Crippen LogP contribution in [0, 0.1) is 0 Å². The fourth-order valence-corrected chi connectivity index (χ4v) is 2.56. The minimum atomic E-state index is -0.852. The first kappa shape index (κ1) is 17.5. The van der Waals surface area contributed by atoms with Crippen molar-refractivity contribution in [3.63, 3.8) is 0 Å². The first-order valence-electron chi connectivity index (χ1n) is 7.32. The molecule has 1 aromatic rings. The van der Waals surface area contributed by atoms with E-state index >= 15 is 0 Å². The summed E-state index contributed by atoms with van der Waals surface area (Å²) in [6.07, 6.45) is 0.567. The van der Waals surface area contributed by atoms with Crippen molar-refractivity contribution in [2.75, 3.05) is 48.9 Å². The number of nitrogens with zero attached hydrogens (tertiary/aromatic N) is 3. The number of ether oxygens (including phenoxy) is 1. The topological polar surface area (TPSA) is 70.5 Å². The molecule has 0 amide bonds. The largest absolute Gasteiger partial charge is 0.389 e. The molecular formula is C14H22Cl2N4O2. The fourth-order valence-electron chi connectivity index (χ4n) is 2.11. The van der Waals surface area contributed by atoms with Crippen LogP contribution in [0.2, 0.25) is 5.15 Å². The second-order valence-corrected chi connectivity index (χ2v) is 6.58. The third kappa shape index (κ3) is 4.84. The molecule has 0 spiro atoms. The Morgan fingerprint density at radius 2 is 2.00 bits per heavy atom. The minimum absolute atomic E-state index is 0.359. The Hall–Kier alpha value is -0.820. The van der Waals surface area contributed by atoms with Crippen LogP contribution >= 0.6 is 23.2 Å². The van der Waals surface area contributed by atoms with E-state index in [2.05, 4.69) is 15.3 Å². The second-order valence-electron chi connectivity index (χ2n) is 5.85. The molecule has 0 radical (unpaired) electrons. The van der Waals surface area contributed by atoms with Crippen molar-refractivity contribution in [3.8, 4) is 0 Å². The van der Waals surface area contributed by atoms with Crippen molar-refractivity contribution in [1.82, 2.24) is 9.97 Å². The number of hydrogen-bond donors (Lipinski definition) is 2. The van der Waals surface area contributed by atoms with E-state index < -0.39 is 5.60 Å². The maximum absolute atomic E-state index is 9.90. The predicted octanol–water partition coefficient (Wildman–Crippen LogP) is 1.93. The van der Waals surface area contributed by atoms with Gasteiger partial charge in [-0.2, -0.15) is 4.98 Å². The van der Waals surface area contributed by atoms with Gasteiger partial charge in [0.25, 0.3) is 0 Å². The molecule has 1 aliphatic rings. The van der Waals surface area contributed by atoms with Gasteiger partial charge in [0.2, 0.25) is 5.95 Å². The average Bonchev–Trinajstić information content (AvgIpc) is 2.48. The number of aromatic nitrogens is 2. The van der Waals surface area contributed by atoms with Gasteiger partial charge in [0.05, 0.1) is 18.8 Å². The van der Waals surface area contributed by atoms with Crippen molar-refractivity contribution in [3.05, 3.63) is 10.7 Å². The zero-order valence-electron chi connectivity index (χ0n) is 12.9. The SMILES string of the molecule is CC(C)(O)CNc1nc(N2CCOCC2)nc(Cl)c1CCCl. The van der Waals surface area contributed by atoms with Crippen LogP contribution in [0.4, 0.5) is 11.8 Å². The smallest absolute Gasteiger partial charge is 0.228 e. The summed E-state index contributed by atoms with van der Waals surface area (Å²) in [5.41, 5.74) is -0.0765. The number of aliphatic hydroxyl groups is 1. The Bertz CT molecular complexity index is 502. The highest BCUT2D eigenvalue weighted by Crippen LogP contribution is 2.26. The quantitative estimate of drug-likeness (QED) is 0.604. The van der Waals surface area contributed by atoms with E-state index in [1.54, 1.807) is 13.8 Å². The first-order chi connectivity index (χ1) is 10.4. The highest BCUT2D eigenvalue weighted by atomic mass is 35.5. The Labute approximate surface area is 140 Å². The molecule has 1 fully saturated rings. The van der Waals surface area contributed by atoms with Crippen molar-refractivity contribution in [2.45, 2.75) is 25.9 Å². The fraction of sp³-hybridized carbons (Fsp3) is 0.714. The number of alkyl halides is 1. The molecule has 6 nitrogen and oxygen atoms in total. The van der Waals surface area contributed by atoms with E-state index in [4.69, 9.17) is 27.9 Å². The van der Waals surface area contributed by atoms with Gasteiger partial charge in [-0.25, -0.2) is 4.98 Å². The van der Waals surface area contributed by atoms with Crippen molar-refractivity contribution >= 4 is 35.0 Å². The maximum Gasteiger partial charge on any atom is 0.228 e. The first-order valence-corrected chi connectivity index (χ1v) is 8.23. The highest BCUT2D eigenvalue weighted by Gasteiger charge is 2.20. The summed E-state index contributed by atoms with van der Waals surface area (Å²) in [5, 5.41) is 13.4. The molecule has 2 N–H and O–H groups in total. The van der Waals surface area contributed by atoms with Gasteiger partial charge in [0, 0.05) is 31.1 Å². The molecule has 22 heavy (non-hydrogen) atoms. The lowest BCUT2D eigenvalue weighted by molar-refractivity contribution is 0.0944. The second kappa shape index (κ2) is 7.64. The Kier molecular flexibility index (Phi) is 6.09. The summed E-state index contributed by atoms with van der Waals surface area (Å²) in [4.78, 5) is 11.0. The molecule has 2 rings (SSSR count). The lowest BCUT2D eigenvalue weighted by Crippen LogP contribution is -2.37. The molecule has 1 aliphatic heterocycles. The van der Waals surface area contributed by atoms with Gasteiger partial charge in [0.1, 0.15) is 11.0 Å². The Morgan fingerprint density at radius 3 is 2.59 bits per heavy atom. The van der Waals surface area contributed by atoms with Gasteiger partial charge >= 0.3 is 0 Å². The zero-order chi connectivity index (χ0) is 16.2. The van der Waals surface area contributed by atoms with Gasteiger partial charge in [-0.3, -0.25) is 0 Å². The highest BCUT2D eigenvalue weighted by molar-refractivity contribution is 6.30. The number of nitrogens with one attached hydrogen (secondary N) is 1. The van der Waals surface area contributed by atoms with E-state index in [1.165, 1.54) is 0 Å². The van der Waals surface area contributed by atoms with Crippen LogP contribution in [0.5, 0.6) is 0 Å². The molecule has 2 heterocycles. The van der Waals surface area contributed by atoms with E-state index in [0.717, 1.165) is 18.7 Å². The Morgan fingerprint density at radius 1 is 1.32 bits per heavy atom. The van der Waals surface area contributed by atoms with Gasteiger partial charge in [-0.1, -0.05) is 11.6 Å². The summed E-state index contributed by atoms with van der Waals surface area (Å²) < 4.78 is 5.34. The lowest BCUT2D eigenvalue weighted by atomic mass is 10.1. The molecule has 1 aromatic heterocycles. The summed E-state index contributed by atoms with van der Waals surface area (Å²) in [6, 6.07) is 0. The normalized spacial score (nSPS) is 16.0. The van der Waals surface area contributed by atoms with Crippen LogP contribution in [0.1, 0.15) is 19.4 Å². The van der Waals surface area contributed by atoms with E-state index in [-0.39, 0.29) is 0 Å². The van der Waals surface area contributed by atoms with Crippen LogP contribution in [0.25, 0.3) is 0 Å². The summed E-state index contributed by atoms with van der Waals surface area (Å²) in [6.45, 7) is 6.58. The molecule has 124 valence electrons. The number of rotatable bonds is 6. The number of anilines is 2. The maximum atomic E-state index is 9.90. The number of hydrogen-bond acceptors (Lipinski definition) is 6. The van der Waals surface area contributed by atoms with Crippen LogP contribution < -0.4 is 10.2 Å². The lowest BCUT2D eigenvalue weighted by Gasteiger charge is -2.28. The Balaban J connectivity index is 2.27.